The summed E-state index contributed by atoms with van der Waals surface area (Å²) in [4.78, 5) is 2.78. The van der Waals surface area contributed by atoms with Gasteiger partial charge in [-0.2, -0.15) is 12.6 Å². The molecule has 2 fully saturated rings. The van der Waals surface area contributed by atoms with Gasteiger partial charge in [-0.1, -0.05) is 39.0 Å². The minimum Gasteiger partial charge on any atom is -0.303 e. The quantitative estimate of drug-likeness (QED) is 0.574. The number of nitrogens with zero attached hydrogens (tertiary/aromatic N) is 1. The van der Waals surface area contributed by atoms with Crippen LogP contribution in [0, 0.1) is 11.3 Å². The highest BCUT2D eigenvalue weighted by Gasteiger charge is 2.32. The minimum atomic E-state index is 0.533. The average Bonchev–Trinajstić information content (AvgIpc) is 2.80. The third-order valence-corrected chi connectivity index (χ3v) is 6.25. The van der Waals surface area contributed by atoms with Gasteiger partial charge in [0.05, 0.1) is 0 Å². The molecule has 0 spiro atoms. The van der Waals surface area contributed by atoms with E-state index in [4.69, 9.17) is 12.6 Å². The van der Waals surface area contributed by atoms with Gasteiger partial charge in [-0.05, 0) is 62.3 Å². The summed E-state index contributed by atoms with van der Waals surface area (Å²) >= 11 is 4.73. The predicted molar refractivity (Wildman–Crippen MR) is 88.1 cm³/mol. The van der Waals surface area contributed by atoms with Crippen molar-refractivity contribution >= 4 is 12.6 Å². The Hall–Kier alpha value is 0.310. The van der Waals surface area contributed by atoms with Crippen LogP contribution in [0.3, 0.4) is 0 Å². The summed E-state index contributed by atoms with van der Waals surface area (Å²) in [6, 6.07) is 0. The average molecular weight is 284 g/mol. The fraction of sp³-hybridized carbons (Fsp3) is 1.00. The molecule has 0 aromatic rings. The van der Waals surface area contributed by atoms with Crippen molar-refractivity contribution in [3.8, 4) is 0 Å². The highest BCUT2D eigenvalue weighted by atomic mass is 32.1. The van der Waals surface area contributed by atoms with Gasteiger partial charge < -0.3 is 4.90 Å². The van der Waals surface area contributed by atoms with E-state index >= 15 is 0 Å². The van der Waals surface area contributed by atoms with Crippen LogP contribution in [0.1, 0.15) is 71.1 Å². The largest absolute Gasteiger partial charge is 0.303 e. The Balaban J connectivity index is 1.89. The summed E-state index contributed by atoms with van der Waals surface area (Å²) in [6.45, 7) is 6.37. The van der Waals surface area contributed by atoms with Crippen LogP contribution in [0.2, 0.25) is 0 Å². The Bertz CT molecular complexity index is 246. The normalized spacial score (nSPS) is 29.7. The van der Waals surface area contributed by atoms with Crippen LogP contribution in [0.15, 0.2) is 0 Å². The molecule has 0 radical (unpaired) electrons. The first-order chi connectivity index (χ1) is 9.28. The molecule has 0 bridgehead atoms. The molecular weight excluding hydrogens is 250 g/mol. The molecule has 0 aromatic carbocycles. The molecule has 0 N–H and O–H groups in total. The van der Waals surface area contributed by atoms with Crippen LogP contribution in [-0.2, 0) is 0 Å². The van der Waals surface area contributed by atoms with E-state index in [1.54, 1.807) is 0 Å². The van der Waals surface area contributed by atoms with Gasteiger partial charge in [0, 0.05) is 6.54 Å². The number of rotatable bonds is 4. The van der Waals surface area contributed by atoms with E-state index in [0.717, 1.165) is 11.7 Å². The van der Waals surface area contributed by atoms with Crippen LogP contribution in [0.5, 0.6) is 0 Å². The number of hydrogen-bond acceptors (Lipinski definition) is 2. The SMILES string of the molecule is CCC1CCCN(CC2(CS)CCCCCC2)CC1. The Kier molecular flexibility index (Phi) is 6.55. The third-order valence-electron chi connectivity index (χ3n) is 5.58. The topological polar surface area (TPSA) is 3.24 Å². The van der Waals surface area contributed by atoms with E-state index in [2.05, 4.69) is 11.8 Å². The molecule has 1 saturated carbocycles. The van der Waals surface area contributed by atoms with E-state index in [0.29, 0.717) is 5.41 Å². The third kappa shape index (κ3) is 4.67. The summed E-state index contributed by atoms with van der Waals surface area (Å²) in [5.41, 5.74) is 0.533. The monoisotopic (exact) mass is 283 g/mol. The van der Waals surface area contributed by atoms with Crippen LogP contribution < -0.4 is 0 Å². The van der Waals surface area contributed by atoms with Crippen molar-refractivity contribution in [2.45, 2.75) is 71.1 Å². The number of thiol groups is 1. The molecule has 0 aromatic heterocycles. The van der Waals surface area contributed by atoms with Gasteiger partial charge in [0.2, 0.25) is 0 Å². The Labute approximate surface area is 125 Å². The fourth-order valence-corrected chi connectivity index (χ4v) is 4.53. The first kappa shape index (κ1) is 15.7. The Morgan fingerprint density at radius 3 is 2.37 bits per heavy atom. The standard InChI is InChI=1S/C17H33NS/c1-2-16-8-7-12-18(13-9-16)14-17(15-19)10-5-3-4-6-11-17/h16,19H,2-15H2,1H3. The molecule has 0 amide bonds. The van der Waals surface area contributed by atoms with Crippen molar-refractivity contribution in [1.29, 1.82) is 0 Å². The number of hydrogen-bond donors (Lipinski definition) is 1. The molecular formula is C17H33NS. The van der Waals surface area contributed by atoms with Crippen LogP contribution in [0.25, 0.3) is 0 Å². The molecule has 1 aliphatic heterocycles. The molecule has 2 rings (SSSR count). The minimum absolute atomic E-state index is 0.533. The lowest BCUT2D eigenvalue weighted by atomic mass is 9.81. The highest BCUT2D eigenvalue weighted by Crippen LogP contribution is 2.37. The van der Waals surface area contributed by atoms with Crippen molar-refractivity contribution in [2.75, 3.05) is 25.4 Å². The smallest absolute Gasteiger partial charge is 0.00458 e. The van der Waals surface area contributed by atoms with Crippen molar-refractivity contribution in [3.63, 3.8) is 0 Å². The maximum Gasteiger partial charge on any atom is 0.00458 e. The zero-order valence-corrected chi connectivity index (χ0v) is 13.8. The molecule has 2 aliphatic rings. The Morgan fingerprint density at radius 2 is 1.74 bits per heavy atom. The van der Waals surface area contributed by atoms with Crippen molar-refractivity contribution in [3.05, 3.63) is 0 Å². The fourth-order valence-electron chi connectivity index (χ4n) is 4.11. The molecule has 2 heteroatoms. The van der Waals surface area contributed by atoms with E-state index in [-0.39, 0.29) is 0 Å². The summed E-state index contributed by atoms with van der Waals surface area (Å²) < 4.78 is 0. The van der Waals surface area contributed by atoms with Crippen LogP contribution in [-0.4, -0.2) is 30.3 Å². The van der Waals surface area contributed by atoms with Gasteiger partial charge >= 0.3 is 0 Å². The van der Waals surface area contributed by atoms with Gasteiger partial charge in [0.1, 0.15) is 0 Å². The van der Waals surface area contributed by atoms with Crippen LogP contribution in [0.4, 0.5) is 0 Å². The summed E-state index contributed by atoms with van der Waals surface area (Å²) in [5.74, 6) is 2.09. The highest BCUT2D eigenvalue weighted by molar-refractivity contribution is 7.80. The molecule has 1 aliphatic carbocycles. The summed E-state index contributed by atoms with van der Waals surface area (Å²) in [6.07, 6.45) is 14.3. The van der Waals surface area contributed by atoms with Gasteiger partial charge in [-0.15, -0.1) is 0 Å². The maximum atomic E-state index is 4.73. The Morgan fingerprint density at radius 1 is 1.00 bits per heavy atom. The molecule has 1 heterocycles. The molecule has 1 saturated heterocycles. The van der Waals surface area contributed by atoms with Crippen LogP contribution >= 0.6 is 12.6 Å². The van der Waals surface area contributed by atoms with Crippen molar-refractivity contribution < 1.29 is 0 Å². The second-order valence-corrected chi connectivity index (χ2v) is 7.37. The molecule has 1 atom stereocenters. The first-order valence-corrected chi connectivity index (χ1v) is 9.24. The molecule has 1 nitrogen and oxygen atoms in total. The van der Waals surface area contributed by atoms with Gasteiger partial charge in [-0.3, -0.25) is 0 Å². The lowest BCUT2D eigenvalue weighted by Crippen LogP contribution is -2.39. The lowest BCUT2D eigenvalue weighted by molar-refractivity contribution is 0.153. The van der Waals surface area contributed by atoms with Gasteiger partial charge in [-0.25, -0.2) is 0 Å². The number of likely N-dealkylation sites (tertiary alicyclic amines) is 1. The molecule has 1 unspecified atom stereocenters. The maximum absolute atomic E-state index is 4.73. The van der Waals surface area contributed by atoms with E-state index in [9.17, 15) is 0 Å². The summed E-state index contributed by atoms with van der Waals surface area (Å²) in [5, 5.41) is 0. The molecule has 19 heavy (non-hydrogen) atoms. The van der Waals surface area contributed by atoms with Gasteiger partial charge in [0.25, 0.3) is 0 Å². The predicted octanol–water partition coefficient (Wildman–Crippen LogP) is 4.77. The second-order valence-electron chi connectivity index (χ2n) is 7.05. The zero-order valence-electron chi connectivity index (χ0n) is 12.9. The van der Waals surface area contributed by atoms with E-state index in [1.807, 2.05) is 0 Å². The lowest BCUT2D eigenvalue weighted by Gasteiger charge is -2.36. The van der Waals surface area contributed by atoms with Crippen molar-refractivity contribution in [1.82, 2.24) is 4.90 Å². The summed E-state index contributed by atoms with van der Waals surface area (Å²) in [7, 11) is 0. The second kappa shape index (κ2) is 7.93. The van der Waals surface area contributed by atoms with E-state index in [1.165, 1.54) is 83.8 Å². The zero-order chi connectivity index (χ0) is 13.6. The van der Waals surface area contributed by atoms with Crippen molar-refractivity contribution in [2.24, 2.45) is 11.3 Å². The first-order valence-electron chi connectivity index (χ1n) is 8.61. The van der Waals surface area contributed by atoms with E-state index < -0.39 is 0 Å². The molecule has 112 valence electrons. The van der Waals surface area contributed by atoms with Gasteiger partial charge in [0.15, 0.2) is 0 Å².